The Kier molecular flexibility index (Phi) is 8.74. The molecule has 1 saturated heterocycles. The Balaban J connectivity index is 1.68. The number of aliphatic carboxylic acids is 1. The molecule has 4 rings (SSSR count). The maximum Gasteiger partial charge on any atom is 0.331 e. The molecule has 6 nitrogen and oxygen atoms in total. The van der Waals surface area contributed by atoms with Crippen LogP contribution in [-0.2, 0) is 16.1 Å². The number of aliphatic imine (C=N–C) groups is 1. The largest absolute Gasteiger partial charge is 0.479 e. The van der Waals surface area contributed by atoms with E-state index in [1.165, 1.54) is 5.56 Å². The van der Waals surface area contributed by atoms with Crippen LogP contribution in [0.3, 0.4) is 0 Å². The van der Waals surface area contributed by atoms with Crippen LogP contribution in [-0.4, -0.2) is 45.7 Å². The van der Waals surface area contributed by atoms with E-state index >= 15 is 0 Å². The summed E-state index contributed by atoms with van der Waals surface area (Å²) in [6.07, 6.45) is 2.16. The van der Waals surface area contributed by atoms with E-state index in [9.17, 15) is 14.7 Å². The van der Waals surface area contributed by atoms with Gasteiger partial charge in [0.15, 0.2) is 5.54 Å². The van der Waals surface area contributed by atoms with E-state index in [4.69, 9.17) is 4.99 Å². The predicted octanol–water partition coefficient (Wildman–Crippen LogP) is 6.02. The molecule has 198 valence electrons. The summed E-state index contributed by atoms with van der Waals surface area (Å²) in [5.74, 6) is -0.880. The summed E-state index contributed by atoms with van der Waals surface area (Å²) in [4.78, 5) is 33.1. The highest BCUT2D eigenvalue weighted by Gasteiger charge is 2.35. The first kappa shape index (κ1) is 27.3. The quantitative estimate of drug-likeness (QED) is 0.326. The Labute approximate surface area is 225 Å². The number of nitrogens with zero attached hydrogens (tertiary/aromatic N) is 2. The SMILES string of the molecule is CC(C)C[C@](C)(N=C(c1ccccc1)c1ccccc1NC(=O)C1CCCN1Cc1ccccc1)C(=O)O. The zero-order valence-corrected chi connectivity index (χ0v) is 22.4. The van der Waals surface area contributed by atoms with Crippen LogP contribution in [0, 0.1) is 5.92 Å². The lowest BCUT2D eigenvalue weighted by molar-refractivity contribution is -0.143. The fourth-order valence-corrected chi connectivity index (χ4v) is 5.24. The van der Waals surface area contributed by atoms with Gasteiger partial charge in [0, 0.05) is 17.7 Å². The standard InChI is InChI=1S/C32H37N3O3/c1-23(2)21-32(3,31(37)38)34-29(25-15-8-5-9-16-25)26-17-10-11-18-27(26)33-30(36)28-19-12-20-35(28)22-24-13-6-4-7-14-24/h4-11,13-18,23,28H,12,19-22H2,1-3H3,(H,33,36)(H,37,38)/t28?,32-/m0/s1. The number of rotatable bonds is 10. The van der Waals surface area contributed by atoms with Crippen LogP contribution in [0.1, 0.15) is 56.7 Å². The number of carboxylic acids is 1. The molecule has 0 saturated carbocycles. The number of amides is 1. The molecule has 1 aliphatic rings. The number of carbonyl (C=O) groups excluding carboxylic acids is 1. The Morgan fingerprint density at radius 1 is 1.00 bits per heavy atom. The molecule has 0 aromatic heterocycles. The second kappa shape index (κ2) is 12.2. The maximum absolute atomic E-state index is 13.6. The number of hydrogen-bond acceptors (Lipinski definition) is 4. The van der Waals surface area contributed by atoms with E-state index in [0.29, 0.717) is 23.4 Å². The Bertz CT molecular complexity index is 1270. The molecule has 1 fully saturated rings. The molecule has 1 heterocycles. The molecule has 2 atom stereocenters. The lowest BCUT2D eigenvalue weighted by atomic mass is 9.90. The second-order valence-corrected chi connectivity index (χ2v) is 10.7. The van der Waals surface area contributed by atoms with Crippen LogP contribution in [0.25, 0.3) is 0 Å². The van der Waals surface area contributed by atoms with E-state index in [1.807, 2.05) is 86.6 Å². The van der Waals surface area contributed by atoms with Gasteiger partial charge in [-0.05, 0) is 50.3 Å². The van der Waals surface area contributed by atoms with Crippen LogP contribution in [0.15, 0.2) is 89.9 Å². The minimum absolute atomic E-state index is 0.0542. The molecule has 1 unspecified atom stereocenters. The average molecular weight is 512 g/mol. The van der Waals surface area contributed by atoms with Gasteiger partial charge in [-0.2, -0.15) is 0 Å². The summed E-state index contributed by atoms with van der Waals surface area (Å²) in [5, 5.41) is 13.3. The molecule has 1 aliphatic heterocycles. The molecular weight excluding hydrogens is 474 g/mol. The third kappa shape index (κ3) is 6.56. The van der Waals surface area contributed by atoms with Gasteiger partial charge in [-0.25, -0.2) is 4.79 Å². The number of carboxylic acid groups (broad SMARTS) is 1. The number of benzene rings is 3. The average Bonchev–Trinajstić information content (AvgIpc) is 3.37. The highest BCUT2D eigenvalue weighted by molar-refractivity contribution is 6.18. The number of anilines is 1. The smallest absolute Gasteiger partial charge is 0.331 e. The van der Waals surface area contributed by atoms with Crippen molar-refractivity contribution in [1.29, 1.82) is 0 Å². The first-order chi connectivity index (χ1) is 18.3. The highest BCUT2D eigenvalue weighted by atomic mass is 16.4. The summed E-state index contributed by atoms with van der Waals surface area (Å²) in [6, 6.07) is 27.1. The first-order valence-electron chi connectivity index (χ1n) is 13.3. The van der Waals surface area contributed by atoms with Crippen LogP contribution >= 0.6 is 0 Å². The van der Waals surface area contributed by atoms with Gasteiger partial charge in [0.1, 0.15) is 0 Å². The Morgan fingerprint density at radius 2 is 1.63 bits per heavy atom. The fourth-order valence-electron chi connectivity index (χ4n) is 5.24. The second-order valence-electron chi connectivity index (χ2n) is 10.7. The van der Waals surface area contributed by atoms with Gasteiger partial charge in [0.05, 0.1) is 17.4 Å². The molecule has 0 bridgehead atoms. The zero-order valence-electron chi connectivity index (χ0n) is 22.4. The number of hydrogen-bond donors (Lipinski definition) is 2. The van der Waals surface area contributed by atoms with Gasteiger partial charge in [0.2, 0.25) is 5.91 Å². The minimum Gasteiger partial charge on any atom is -0.479 e. The monoisotopic (exact) mass is 511 g/mol. The van der Waals surface area contributed by atoms with Crippen LogP contribution < -0.4 is 5.32 Å². The van der Waals surface area contributed by atoms with Crippen molar-refractivity contribution in [2.24, 2.45) is 10.9 Å². The van der Waals surface area contributed by atoms with E-state index in [1.54, 1.807) is 6.92 Å². The lowest BCUT2D eigenvalue weighted by Crippen LogP contribution is -2.39. The molecule has 2 N–H and O–H groups in total. The van der Waals surface area contributed by atoms with Gasteiger partial charge in [-0.15, -0.1) is 0 Å². The van der Waals surface area contributed by atoms with Crippen LogP contribution in [0.2, 0.25) is 0 Å². The molecule has 6 heteroatoms. The molecule has 1 amide bonds. The number of likely N-dealkylation sites (tertiary alicyclic amines) is 1. The van der Waals surface area contributed by atoms with Gasteiger partial charge in [-0.1, -0.05) is 92.7 Å². The van der Waals surface area contributed by atoms with Crippen molar-refractivity contribution in [1.82, 2.24) is 4.90 Å². The van der Waals surface area contributed by atoms with Gasteiger partial charge in [-0.3, -0.25) is 14.7 Å². The van der Waals surface area contributed by atoms with E-state index in [0.717, 1.165) is 31.5 Å². The molecule has 0 aliphatic carbocycles. The normalized spacial score (nSPS) is 17.8. The van der Waals surface area contributed by atoms with Crippen molar-refractivity contribution in [3.05, 3.63) is 102 Å². The van der Waals surface area contributed by atoms with Crippen molar-refractivity contribution >= 4 is 23.3 Å². The molecule has 0 spiro atoms. The van der Waals surface area contributed by atoms with Crippen molar-refractivity contribution in [2.45, 2.75) is 58.2 Å². The topological polar surface area (TPSA) is 82.0 Å². The fraction of sp³-hybridized carbons (Fsp3) is 0.344. The Hall–Kier alpha value is -3.77. The predicted molar refractivity (Wildman–Crippen MR) is 153 cm³/mol. The van der Waals surface area contributed by atoms with Gasteiger partial charge < -0.3 is 10.4 Å². The van der Waals surface area contributed by atoms with Crippen molar-refractivity contribution in [3.63, 3.8) is 0 Å². The van der Waals surface area contributed by atoms with Gasteiger partial charge in [0.25, 0.3) is 0 Å². The van der Waals surface area contributed by atoms with Crippen molar-refractivity contribution in [2.75, 3.05) is 11.9 Å². The summed E-state index contributed by atoms with van der Waals surface area (Å²) >= 11 is 0. The third-order valence-electron chi connectivity index (χ3n) is 7.01. The van der Waals surface area contributed by atoms with E-state index in [-0.39, 0.29) is 17.9 Å². The third-order valence-corrected chi connectivity index (χ3v) is 7.01. The van der Waals surface area contributed by atoms with E-state index in [2.05, 4.69) is 22.3 Å². The summed E-state index contributed by atoms with van der Waals surface area (Å²) < 4.78 is 0. The number of carbonyl (C=O) groups is 2. The molecule has 3 aromatic carbocycles. The molecule has 3 aromatic rings. The number of para-hydroxylation sites is 1. The summed E-state index contributed by atoms with van der Waals surface area (Å²) in [7, 11) is 0. The number of nitrogens with one attached hydrogen (secondary N) is 1. The zero-order chi connectivity index (χ0) is 27.1. The summed E-state index contributed by atoms with van der Waals surface area (Å²) in [6.45, 7) is 7.26. The molecule has 38 heavy (non-hydrogen) atoms. The Morgan fingerprint density at radius 3 is 2.29 bits per heavy atom. The van der Waals surface area contributed by atoms with Crippen molar-refractivity contribution in [3.8, 4) is 0 Å². The van der Waals surface area contributed by atoms with E-state index < -0.39 is 11.5 Å². The minimum atomic E-state index is -1.31. The maximum atomic E-state index is 13.6. The lowest BCUT2D eigenvalue weighted by Gasteiger charge is -2.26. The summed E-state index contributed by atoms with van der Waals surface area (Å²) in [5.41, 5.74) is 2.56. The van der Waals surface area contributed by atoms with Crippen LogP contribution in [0.5, 0.6) is 0 Å². The van der Waals surface area contributed by atoms with Crippen LogP contribution in [0.4, 0.5) is 5.69 Å². The highest BCUT2D eigenvalue weighted by Crippen LogP contribution is 2.28. The first-order valence-corrected chi connectivity index (χ1v) is 13.3. The molecule has 0 radical (unpaired) electrons. The molecular formula is C32H37N3O3. The van der Waals surface area contributed by atoms with Crippen molar-refractivity contribution < 1.29 is 14.7 Å². The van der Waals surface area contributed by atoms with Gasteiger partial charge >= 0.3 is 5.97 Å².